The number of nitrogens with two attached hydrogens (primary N) is 1. The minimum atomic E-state index is -0.340. The van der Waals surface area contributed by atoms with Crippen LogP contribution in [0.1, 0.15) is 37.1 Å². The number of benzene rings is 1. The Morgan fingerprint density at radius 3 is 2.81 bits per heavy atom. The number of fused-ring (bicyclic) bond motifs is 1. The van der Waals surface area contributed by atoms with Crippen molar-refractivity contribution < 1.29 is 14.0 Å². The second kappa shape index (κ2) is 4.73. The molecule has 0 saturated heterocycles. The van der Waals surface area contributed by atoms with Crippen LogP contribution in [0.25, 0.3) is 0 Å². The van der Waals surface area contributed by atoms with Crippen molar-refractivity contribution in [3.05, 3.63) is 36.0 Å². The number of rotatable bonds is 3. The van der Waals surface area contributed by atoms with Gasteiger partial charge in [0.1, 0.15) is 6.61 Å². The van der Waals surface area contributed by atoms with Gasteiger partial charge < -0.3 is 19.7 Å². The maximum absolute atomic E-state index is 6.20. The second-order valence-corrected chi connectivity index (χ2v) is 5.80. The maximum atomic E-state index is 6.20. The molecule has 4 rings (SSSR count). The van der Waals surface area contributed by atoms with E-state index in [9.17, 15) is 0 Å². The van der Waals surface area contributed by atoms with Gasteiger partial charge in [-0.2, -0.15) is 4.98 Å². The quantitative estimate of drug-likeness (QED) is 0.929. The molecule has 1 saturated carbocycles. The lowest BCUT2D eigenvalue weighted by Crippen LogP contribution is -2.48. The lowest BCUT2D eigenvalue weighted by Gasteiger charge is -2.36. The van der Waals surface area contributed by atoms with E-state index in [2.05, 4.69) is 10.1 Å². The minimum Gasteiger partial charge on any atom is -0.485 e. The van der Waals surface area contributed by atoms with Crippen LogP contribution in [-0.2, 0) is 6.42 Å². The summed E-state index contributed by atoms with van der Waals surface area (Å²) in [5.74, 6) is 2.54. The SMILES string of the molecule is NC1(Cc2nc(C3COc4ccccc4O3)no2)CCC1. The summed E-state index contributed by atoms with van der Waals surface area (Å²) < 4.78 is 16.8. The van der Waals surface area contributed by atoms with Crippen molar-refractivity contribution in [3.63, 3.8) is 0 Å². The first kappa shape index (κ1) is 12.6. The lowest BCUT2D eigenvalue weighted by atomic mass is 9.75. The molecule has 1 aromatic heterocycles. The Morgan fingerprint density at radius 1 is 1.24 bits per heavy atom. The van der Waals surface area contributed by atoms with E-state index in [1.54, 1.807) is 0 Å². The highest BCUT2D eigenvalue weighted by molar-refractivity contribution is 5.40. The Hall–Kier alpha value is -2.08. The summed E-state index contributed by atoms with van der Waals surface area (Å²) in [7, 11) is 0. The highest BCUT2D eigenvalue weighted by Gasteiger charge is 2.35. The van der Waals surface area contributed by atoms with Crippen molar-refractivity contribution in [2.45, 2.75) is 37.3 Å². The molecule has 2 aromatic rings. The van der Waals surface area contributed by atoms with Crippen LogP contribution in [0.4, 0.5) is 0 Å². The average molecular weight is 287 g/mol. The molecule has 1 atom stereocenters. The topological polar surface area (TPSA) is 83.4 Å². The van der Waals surface area contributed by atoms with Crippen LogP contribution in [-0.4, -0.2) is 22.3 Å². The highest BCUT2D eigenvalue weighted by Crippen LogP contribution is 2.36. The summed E-state index contributed by atoms with van der Waals surface area (Å²) in [4.78, 5) is 4.41. The molecule has 110 valence electrons. The summed E-state index contributed by atoms with van der Waals surface area (Å²) in [6, 6.07) is 7.56. The molecule has 2 N–H and O–H groups in total. The van der Waals surface area contributed by atoms with Crippen molar-refractivity contribution >= 4 is 0 Å². The number of para-hydroxylation sites is 2. The molecule has 1 unspecified atom stereocenters. The summed E-state index contributed by atoms with van der Waals surface area (Å²) in [6.45, 7) is 0.379. The molecular weight excluding hydrogens is 270 g/mol. The monoisotopic (exact) mass is 287 g/mol. The van der Waals surface area contributed by atoms with Crippen molar-refractivity contribution in [1.29, 1.82) is 0 Å². The first-order valence-electron chi connectivity index (χ1n) is 7.22. The average Bonchev–Trinajstić information content (AvgIpc) is 2.93. The van der Waals surface area contributed by atoms with Gasteiger partial charge in [0.05, 0.1) is 0 Å². The highest BCUT2D eigenvalue weighted by atomic mass is 16.6. The molecule has 0 amide bonds. The van der Waals surface area contributed by atoms with E-state index in [0.717, 1.165) is 18.6 Å². The molecule has 2 aliphatic rings. The van der Waals surface area contributed by atoms with Gasteiger partial charge in [-0.1, -0.05) is 17.3 Å². The van der Waals surface area contributed by atoms with Crippen LogP contribution in [0.3, 0.4) is 0 Å². The molecule has 6 heteroatoms. The van der Waals surface area contributed by atoms with Crippen LogP contribution in [0.2, 0.25) is 0 Å². The van der Waals surface area contributed by atoms with Gasteiger partial charge in [-0.05, 0) is 31.4 Å². The minimum absolute atomic E-state index is 0.166. The second-order valence-electron chi connectivity index (χ2n) is 5.80. The van der Waals surface area contributed by atoms with Crippen molar-refractivity contribution in [2.24, 2.45) is 5.73 Å². The Bertz CT molecular complexity index is 651. The third-order valence-electron chi connectivity index (χ3n) is 4.13. The predicted octanol–water partition coefficient (Wildman–Crippen LogP) is 2.01. The van der Waals surface area contributed by atoms with Crippen LogP contribution < -0.4 is 15.2 Å². The lowest BCUT2D eigenvalue weighted by molar-refractivity contribution is 0.0832. The summed E-state index contributed by atoms with van der Waals surface area (Å²) in [6.07, 6.45) is 3.49. The molecular formula is C15H17N3O3. The normalized spacial score (nSPS) is 22.6. The predicted molar refractivity (Wildman–Crippen MR) is 74.1 cm³/mol. The molecule has 1 aromatic carbocycles. The molecule has 1 aliphatic heterocycles. The number of nitrogens with zero attached hydrogens (tertiary/aromatic N) is 2. The van der Waals surface area contributed by atoms with E-state index in [0.29, 0.717) is 30.5 Å². The first-order chi connectivity index (χ1) is 10.2. The van der Waals surface area contributed by atoms with Gasteiger partial charge >= 0.3 is 0 Å². The standard InChI is InChI=1S/C15H17N3O3/c16-15(6-3-7-15)8-13-17-14(18-21-13)12-9-19-10-4-1-2-5-11(10)20-12/h1-2,4-5,12H,3,6-9,16H2. The van der Waals surface area contributed by atoms with Crippen molar-refractivity contribution in [2.75, 3.05) is 6.61 Å². The van der Waals surface area contributed by atoms with Crippen LogP contribution in [0, 0.1) is 0 Å². The van der Waals surface area contributed by atoms with E-state index in [1.807, 2.05) is 24.3 Å². The van der Waals surface area contributed by atoms with Gasteiger partial charge in [-0.15, -0.1) is 0 Å². The fraction of sp³-hybridized carbons (Fsp3) is 0.467. The Morgan fingerprint density at radius 2 is 2.05 bits per heavy atom. The number of ether oxygens (including phenoxy) is 2. The summed E-state index contributed by atoms with van der Waals surface area (Å²) in [5.41, 5.74) is 6.04. The molecule has 0 bridgehead atoms. The third-order valence-corrected chi connectivity index (χ3v) is 4.13. The molecule has 1 fully saturated rings. The van der Waals surface area contributed by atoms with Crippen LogP contribution in [0.5, 0.6) is 11.5 Å². The van der Waals surface area contributed by atoms with Gasteiger partial charge in [0, 0.05) is 12.0 Å². The molecule has 6 nitrogen and oxygen atoms in total. The zero-order valence-electron chi connectivity index (χ0n) is 11.6. The summed E-state index contributed by atoms with van der Waals surface area (Å²) >= 11 is 0. The van der Waals surface area contributed by atoms with Gasteiger partial charge in [0.15, 0.2) is 17.6 Å². The zero-order valence-corrected chi connectivity index (χ0v) is 11.6. The Balaban J connectivity index is 1.49. The third kappa shape index (κ3) is 2.35. The van der Waals surface area contributed by atoms with Gasteiger partial charge in [0.25, 0.3) is 0 Å². The number of hydrogen-bond donors (Lipinski definition) is 1. The van der Waals surface area contributed by atoms with Gasteiger partial charge in [0.2, 0.25) is 11.7 Å². The molecule has 21 heavy (non-hydrogen) atoms. The summed E-state index contributed by atoms with van der Waals surface area (Å²) in [5, 5.41) is 4.01. The Labute approximate surface area is 122 Å². The maximum Gasteiger partial charge on any atom is 0.228 e. The molecule has 0 radical (unpaired) electrons. The smallest absolute Gasteiger partial charge is 0.228 e. The van der Waals surface area contributed by atoms with Crippen molar-refractivity contribution in [3.8, 4) is 11.5 Å². The van der Waals surface area contributed by atoms with Crippen molar-refractivity contribution in [1.82, 2.24) is 10.1 Å². The largest absolute Gasteiger partial charge is 0.485 e. The number of aromatic nitrogens is 2. The first-order valence-corrected chi connectivity index (χ1v) is 7.22. The van der Waals surface area contributed by atoms with Gasteiger partial charge in [-0.3, -0.25) is 0 Å². The molecule has 0 spiro atoms. The van der Waals surface area contributed by atoms with E-state index < -0.39 is 0 Å². The van der Waals surface area contributed by atoms with Crippen LogP contribution in [0.15, 0.2) is 28.8 Å². The van der Waals surface area contributed by atoms with E-state index in [1.165, 1.54) is 6.42 Å². The van der Waals surface area contributed by atoms with Crippen LogP contribution >= 0.6 is 0 Å². The zero-order chi connectivity index (χ0) is 14.3. The molecule has 1 aliphatic carbocycles. The van der Waals surface area contributed by atoms with E-state index >= 15 is 0 Å². The van der Waals surface area contributed by atoms with E-state index in [-0.39, 0.29) is 11.6 Å². The van der Waals surface area contributed by atoms with E-state index in [4.69, 9.17) is 19.7 Å². The Kier molecular flexibility index (Phi) is 2.85. The fourth-order valence-electron chi connectivity index (χ4n) is 2.73. The van der Waals surface area contributed by atoms with Gasteiger partial charge in [-0.25, -0.2) is 0 Å². The fourth-order valence-corrected chi connectivity index (χ4v) is 2.73. The number of hydrogen-bond acceptors (Lipinski definition) is 6. The molecule has 2 heterocycles.